The van der Waals surface area contributed by atoms with E-state index in [9.17, 15) is 4.79 Å². The second-order valence-electron chi connectivity index (χ2n) is 7.72. The third-order valence-electron chi connectivity index (χ3n) is 5.35. The molecule has 2 aromatic rings. The summed E-state index contributed by atoms with van der Waals surface area (Å²) in [6, 6.07) is 0.183. The van der Waals surface area contributed by atoms with Crippen LogP contribution in [0.5, 0.6) is 0 Å². The third-order valence-corrected chi connectivity index (χ3v) is 5.93. The topological polar surface area (TPSA) is 106 Å². The predicted octanol–water partition coefficient (Wildman–Crippen LogP) is 2.63. The van der Waals surface area contributed by atoms with Crippen molar-refractivity contribution < 1.29 is 14.3 Å². The van der Waals surface area contributed by atoms with Crippen LogP contribution in [-0.4, -0.2) is 61.4 Å². The highest BCUT2D eigenvalue weighted by atomic mass is 79.9. The van der Waals surface area contributed by atoms with E-state index in [1.165, 1.54) is 0 Å². The van der Waals surface area contributed by atoms with E-state index in [0.717, 1.165) is 92.1 Å². The van der Waals surface area contributed by atoms with Crippen molar-refractivity contribution in [3.63, 3.8) is 0 Å². The Kier molecular flexibility index (Phi) is 6.69. The average molecular weight is 466 g/mol. The molecule has 0 aromatic carbocycles. The highest BCUT2D eigenvalue weighted by Gasteiger charge is 2.31. The fourth-order valence-electron chi connectivity index (χ4n) is 3.70. The molecule has 8 nitrogen and oxygen atoms in total. The van der Waals surface area contributed by atoms with E-state index in [0.29, 0.717) is 0 Å². The van der Waals surface area contributed by atoms with Gasteiger partial charge >= 0.3 is 0 Å². The van der Waals surface area contributed by atoms with E-state index < -0.39 is 0 Å². The first kappa shape index (κ1) is 20.6. The number of carbonyl (C=O) groups is 1. The van der Waals surface area contributed by atoms with Gasteiger partial charge in [-0.15, -0.1) is 0 Å². The molecule has 2 aliphatic heterocycles. The van der Waals surface area contributed by atoms with Gasteiger partial charge < -0.3 is 30.4 Å². The molecular formula is C20H28BrN5O3. The normalized spacial score (nSPS) is 22.1. The number of rotatable bonds is 3. The van der Waals surface area contributed by atoms with E-state index in [-0.39, 0.29) is 17.9 Å². The Hall–Kier alpha value is -1.68. The zero-order valence-electron chi connectivity index (χ0n) is 16.5. The number of carbonyl (C=O) groups excluding carboxylic acids is 1. The summed E-state index contributed by atoms with van der Waals surface area (Å²) in [5, 5.41) is 4.02. The van der Waals surface area contributed by atoms with Gasteiger partial charge in [0.25, 0.3) is 0 Å². The molecule has 2 saturated heterocycles. The Morgan fingerprint density at radius 1 is 1.24 bits per heavy atom. The third kappa shape index (κ3) is 5.09. The van der Waals surface area contributed by atoms with Crippen molar-refractivity contribution >= 4 is 44.2 Å². The van der Waals surface area contributed by atoms with Gasteiger partial charge in [-0.1, -0.05) is 0 Å². The number of anilines is 2. The van der Waals surface area contributed by atoms with Crippen LogP contribution in [0.4, 0.5) is 11.4 Å². The minimum atomic E-state index is 0.104. The Bertz CT molecular complexity index is 838. The van der Waals surface area contributed by atoms with Crippen LogP contribution >= 0.6 is 15.9 Å². The van der Waals surface area contributed by atoms with Crippen LogP contribution in [0.3, 0.4) is 0 Å². The first-order valence-corrected chi connectivity index (χ1v) is 11.0. The first-order valence-electron chi connectivity index (χ1n) is 10.3. The number of hydrogen-bond donors (Lipinski definition) is 3. The summed E-state index contributed by atoms with van der Waals surface area (Å²) in [6.07, 6.45) is 7.75. The number of amides is 1. The molecule has 9 heteroatoms. The number of pyridine rings is 1. The Morgan fingerprint density at radius 2 is 1.97 bits per heavy atom. The standard InChI is InChI=1S/C16H20BrN5O.C4H8O2/c17-11-6-19-15-13(14(11)22-5-1-2-10(18)8-22)12(7-20-15)21-16(23)9-3-4-9;1-2-6-4-3-5-1/h6-7,9-10H,1-5,8,18H2,(H,19,20)(H,21,23);1-4H2/t10-;/m1./s1. The molecule has 0 radical (unpaired) electrons. The van der Waals surface area contributed by atoms with Crippen molar-refractivity contribution in [3.8, 4) is 0 Å². The summed E-state index contributed by atoms with van der Waals surface area (Å²) < 4.78 is 10.8. The van der Waals surface area contributed by atoms with Gasteiger partial charge in [-0.25, -0.2) is 4.98 Å². The van der Waals surface area contributed by atoms with Crippen molar-refractivity contribution in [1.29, 1.82) is 0 Å². The van der Waals surface area contributed by atoms with Gasteiger partial charge in [0.2, 0.25) is 5.91 Å². The maximum Gasteiger partial charge on any atom is 0.227 e. The molecule has 3 aliphatic rings. The second kappa shape index (κ2) is 9.42. The molecule has 4 N–H and O–H groups in total. The van der Waals surface area contributed by atoms with Crippen LogP contribution in [-0.2, 0) is 14.3 Å². The molecule has 158 valence electrons. The monoisotopic (exact) mass is 465 g/mol. The number of nitrogens with one attached hydrogen (secondary N) is 2. The average Bonchev–Trinajstić information content (AvgIpc) is 3.52. The summed E-state index contributed by atoms with van der Waals surface area (Å²) in [5.41, 5.74) is 8.81. The maximum absolute atomic E-state index is 12.2. The van der Waals surface area contributed by atoms with Crippen molar-refractivity contribution in [2.24, 2.45) is 11.7 Å². The van der Waals surface area contributed by atoms with Gasteiger partial charge in [-0.05, 0) is 41.6 Å². The molecule has 0 unspecified atom stereocenters. The number of aromatic nitrogens is 2. The Morgan fingerprint density at radius 3 is 2.59 bits per heavy atom. The number of nitrogens with zero attached hydrogens (tertiary/aromatic N) is 2. The van der Waals surface area contributed by atoms with Crippen LogP contribution in [0.25, 0.3) is 11.0 Å². The quantitative estimate of drug-likeness (QED) is 0.643. The maximum atomic E-state index is 12.2. The summed E-state index contributed by atoms with van der Waals surface area (Å²) in [4.78, 5) is 22.0. The molecule has 1 atom stereocenters. The van der Waals surface area contributed by atoms with Crippen molar-refractivity contribution in [2.45, 2.75) is 31.7 Å². The fraction of sp³-hybridized carbons (Fsp3) is 0.600. The molecule has 0 bridgehead atoms. The van der Waals surface area contributed by atoms with Gasteiger partial charge in [0.05, 0.1) is 47.7 Å². The minimum Gasteiger partial charge on any atom is -0.377 e. The van der Waals surface area contributed by atoms with E-state index in [4.69, 9.17) is 15.2 Å². The van der Waals surface area contributed by atoms with Crippen molar-refractivity contribution in [3.05, 3.63) is 16.9 Å². The summed E-state index contributed by atoms with van der Waals surface area (Å²) in [5.74, 6) is 0.277. The number of nitrogens with two attached hydrogens (primary N) is 1. The lowest BCUT2D eigenvalue weighted by molar-refractivity contribution is -0.117. The summed E-state index contributed by atoms with van der Waals surface area (Å²) in [7, 11) is 0. The van der Waals surface area contributed by atoms with E-state index in [1.807, 2.05) is 6.20 Å². The SMILES string of the molecule is C1COCCO1.N[C@@H]1CCCN(c2c(Br)cnc3[nH]cc(NC(=O)C4CC4)c23)C1. The van der Waals surface area contributed by atoms with Crippen LogP contribution in [0.15, 0.2) is 16.9 Å². The van der Waals surface area contributed by atoms with E-state index in [1.54, 1.807) is 6.20 Å². The predicted molar refractivity (Wildman–Crippen MR) is 116 cm³/mol. The van der Waals surface area contributed by atoms with Crippen LogP contribution in [0, 0.1) is 5.92 Å². The zero-order chi connectivity index (χ0) is 20.2. The second-order valence-corrected chi connectivity index (χ2v) is 8.57. The molecule has 0 spiro atoms. The highest BCUT2D eigenvalue weighted by molar-refractivity contribution is 9.10. The number of ether oxygens (including phenoxy) is 2. The molecule has 1 saturated carbocycles. The van der Waals surface area contributed by atoms with Crippen LogP contribution in [0.1, 0.15) is 25.7 Å². The molecule has 1 aliphatic carbocycles. The highest BCUT2D eigenvalue weighted by Crippen LogP contribution is 2.39. The Labute approximate surface area is 178 Å². The minimum absolute atomic E-state index is 0.104. The largest absolute Gasteiger partial charge is 0.377 e. The molecule has 2 aromatic heterocycles. The number of fused-ring (bicyclic) bond motifs is 1. The summed E-state index contributed by atoms with van der Waals surface area (Å²) >= 11 is 3.63. The fourth-order valence-corrected chi connectivity index (χ4v) is 4.25. The van der Waals surface area contributed by atoms with Crippen LogP contribution in [0.2, 0.25) is 0 Å². The Balaban J connectivity index is 0.000000294. The van der Waals surface area contributed by atoms with E-state index >= 15 is 0 Å². The zero-order valence-corrected chi connectivity index (χ0v) is 18.0. The van der Waals surface area contributed by atoms with Gasteiger partial charge in [0.1, 0.15) is 5.65 Å². The van der Waals surface area contributed by atoms with Gasteiger partial charge in [0.15, 0.2) is 0 Å². The summed E-state index contributed by atoms with van der Waals surface area (Å²) in [6.45, 7) is 4.89. The van der Waals surface area contributed by atoms with Crippen molar-refractivity contribution in [1.82, 2.24) is 9.97 Å². The molecule has 3 fully saturated rings. The smallest absolute Gasteiger partial charge is 0.227 e. The van der Waals surface area contributed by atoms with Crippen molar-refractivity contribution in [2.75, 3.05) is 49.7 Å². The molecule has 4 heterocycles. The van der Waals surface area contributed by atoms with Gasteiger partial charge in [-0.2, -0.15) is 0 Å². The lowest BCUT2D eigenvalue weighted by Gasteiger charge is -2.33. The number of hydrogen-bond acceptors (Lipinski definition) is 6. The number of H-pyrrole nitrogens is 1. The first-order chi connectivity index (χ1) is 14.1. The molecule has 5 rings (SSSR count). The van der Waals surface area contributed by atoms with Crippen LogP contribution < -0.4 is 16.0 Å². The van der Waals surface area contributed by atoms with E-state index in [2.05, 4.69) is 36.1 Å². The number of aromatic amines is 1. The lowest BCUT2D eigenvalue weighted by Crippen LogP contribution is -2.43. The number of piperidine rings is 1. The van der Waals surface area contributed by atoms with Gasteiger partial charge in [-0.3, -0.25) is 4.79 Å². The molecular weight excluding hydrogens is 438 g/mol. The number of halogens is 1. The van der Waals surface area contributed by atoms with Gasteiger partial charge in [0, 0.05) is 37.4 Å². The lowest BCUT2D eigenvalue weighted by atomic mass is 10.1. The molecule has 29 heavy (non-hydrogen) atoms. The molecule has 1 amide bonds.